The zero-order valence-corrected chi connectivity index (χ0v) is 12.2. The van der Waals surface area contributed by atoms with Crippen LogP contribution in [0.2, 0.25) is 5.02 Å². The van der Waals surface area contributed by atoms with E-state index in [9.17, 15) is 9.90 Å². The summed E-state index contributed by atoms with van der Waals surface area (Å²) in [6.07, 6.45) is 0. The second-order valence-electron chi connectivity index (χ2n) is 4.78. The topological polar surface area (TPSA) is 68.0 Å². The van der Waals surface area contributed by atoms with Crippen molar-refractivity contribution in [2.24, 2.45) is 7.05 Å². The molecular weight excluding hydrogens is 290 g/mol. The third-order valence-corrected chi connectivity index (χ3v) is 3.55. The van der Waals surface area contributed by atoms with Crippen molar-refractivity contribution in [1.82, 2.24) is 14.8 Å². The number of fused-ring (bicyclic) bond motifs is 1. The number of hydrogen-bond acceptors (Lipinski definition) is 3. The van der Waals surface area contributed by atoms with E-state index >= 15 is 0 Å². The first-order valence-corrected chi connectivity index (χ1v) is 6.69. The Balaban J connectivity index is 2.35. The molecule has 6 heteroatoms. The summed E-state index contributed by atoms with van der Waals surface area (Å²) < 4.78 is 1.59. The lowest BCUT2D eigenvalue weighted by Crippen LogP contribution is -2.01. The first-order valence-electron chi connectivity index (χ1n) is 6.31. The minimum absolute atomic E-state index is 0.195. The number of benzene rings is 1. The van der Waals surface area contributed by atoms with Crippen molar-refractivity contribution in [3.05, 3.63) is 46.6 Å². The van der Waals surface area contributed by atoms with Crippen molar-refractivity contribution < 1.29 is 9.90 Å². The van der Waals surface area contributed by atoms with Gasteiger partial charge in [0, 0.05) is 17.6 Å². The number of aromatic carboxylic acids is 1. The Morgan fingerprint density at radius 2 is 2.10 bits per heavy atom. The van der Waals surface area contributed by atoms with Gasteiger partial charge in [-0.2, -0.15) is 5.10 Å². The molecule has 5 nitrogen and oxygen atoms in total. The summed E-state index contributed by atoms with van der Waals surface area (Å²) in [6.45, 7) is 1.77. The highest BCUT2D eigenvalue weighted by Crippen LogP contribution is 2.28. The molecule has 0 saturated heterocycles. The van der Waals surface area contributed by atoms with E-state index in [1.54, 1.807) is 42.9 Å². The molecular formula is C15H12ClN3O2. The number of carbonyl (C=O) groups is 1. The molecule has 21 heavy (non-hydrogen) atoms. The van der Waals surface area contributed by atoms with E-state index in [0.29, 0.717) is 27.4 Å². The minimum Gasteiger partial charge on any atom is -0.478 e. The lowest BCUT2D eigenvalue weighted by Gasteiger charge is -2.05. The van der Waals surface area contributed by atoms with E-state index in [1.807, 2.05) is 6.07 Å². The summed E-state index contributed by atoms with van der Waals surface area (Å²) in [4.78, 5) is 16.1. The van der Waals surface area contributed by atoms with Gasteiger partial charge in [-0.15, -0.1) is 0 Å². The van der Waals surface area contributed by atoms with E-state index in [-0.39, 0.29) is 5.56 Å². The first-order chi connectivity index (χ1) is 9.97. The summed E-state index contributed by atoms with van der Waals surface area (Å²) in [5.41, 5.74) is 2.72. The zero-order valence-electron chi connectivity index (χ0n) is 11.5. The van der Waals surface area contributed by atoms with E-state index in [4.69, 9.17) is 11.6 Å². The molecule has 0 fully saturated rings. The molecule has 0 radical (unpaired) electrons. The predicted molar refractivity (Wildman–Crippen MR) is 80.7 cm³/mol. The SMILES string of the molecule is Cc1nn(C)c2nc(-c3cccc(Cl)c3)cc(C(=O)O)c12. The minimum atomic E-state index is -0.998. The molecule has 0 aliphatic carbocycles. The number of rotatable bonds is 2. The molecule has 0 amide bonds. The molecule has 0 aliphatic heterocycles. The van der Waals surface area contributed by atoms with Gasteiger partial charge in [-0.1, -0.05) is 23.7 Å². The summed E-state index contributed by atoms with van der Waals surface area (Å²) in [7, 11) is 1.75. The second-order valence-corrected chi connectivity index (χ2v) is 5.21. The Kier molecular flexibility index (Phi) is 3.14. The number of halogens is 1. The smallest absolute Gasteiger partial charge is 0.336 e. The number of pyridine rings is 1. The summed E-state index contributed by atoms with van der Waals surface area (Å²) in [5.74, 6) is -0.998. The van der Waals surface area contributed by atoms with Crippen LogP contribution in [0, 0.1) is 6.92 Å². The maximum atomic E-state index is 11.5. The molecule has 2 aromatic heterocycles. The lowest BCUT2D eigenvalue weighted by molar-refractivity contribution is 0.0699. The molecule has 0 unspecified atom stereocenters. The second kappa shape index (κ2) is 4.86. The van der Waals surface area contributed by atoms with E-state index in [1.165, 1.54) is 0 Å². The Hall–Kier alpha value is -2.40. The fraction of sp³-hybridized carbons (Fsp3) is 0.133. The van der Waals surface area contributed by atoms with Gasteiger partial charge < -0.3 is 5.11 Å². The third-order valence-electron chi connectivity index (χ3n) is 3.32. The van der Waals surface area contributed by atoms with Gasteiger partial charge in [0.1, 0.15) is 0 Å². The molecule has 3 aromatic rings. The molecule has 1 aromatic carbocycles. The number of carboxylic acids is 1. The van der Waals surface area contributed by atoms with E-state index in [0.717, 1.165) is 5.56 Å². The predicted octanol–water partition coefficient (Wildman–Crippen LogP) is 3.30. The Morgan fingerprint density at radius 1 is 1.33 bits per heavy atom. The Bertz CT molecular complexity index is 871. The summed E-state index contributed by atoms with van der Waals surface area (Å²) in [5, 5.41) is 14.8. The van der Waals surface area contributed by atoms with Crippen LogP contribution >= 0.6 is 11.6 Å². The third kappa shape index (κ3) is 2.25. The van der Waals surface area contributed by atoms with Gasteiger partial charge in [0.2, 0.25) is 0 Å². The molecule has 0 atom stereocenters. The quantitative estimate of drug-likeness (QED) is 0.788. The maximum Gasteiger partial charge on any atom is 0.336 e. The van der Waals surface area contributed by atoms with Crippen molar-refractivity contribution in [2.75, 3.05) is 0 Å². The van der Waals surface area contributed by atoms with Crippen LogP contribution in [-0.2, 0) is 7.05 Å². The molecule has 0 spiro atoms. The number of hydrogen-bond donors (Lipinski definition) is 1. The van der Waals surface area contributed by atoms with Gasteiger partial charge in [-0.25, -0.2) is 9.78 Å². The largest absolute Gasteiger partial charge is 0.478 e. The molecule has 3 rings (SSSR count). The standard InChI is InChI=1S/C15H12ClN3O2/c1-8-13-11(15(20)21)7-12(17-14(13)19(2)18-8)9-4-3-5-10(16)6-9/h3-7H,1-2H3,(H,20,21). The van der Waals surface area contributed by atoms with Crippen LogP contribution in [0.1, 0.15) is 16.1 Å². The van der Waals surface area contributed by atoms with Crippen molar-refractivity contribution in [1.29, 1.82) is 0 Å². The Morgan fingerprint density at radius 3 is 2.76 bits per heavy atom. The highest BCUT2D eigenvalue weighted by Gasteiger charge is 2.18. The van der Waals surface area contributed by atoms with Crippen LogP contribution in [0.4, 0.5) is 0 Å². The van der Waals surface area contributed by atoms with Gasteiger partial charge in [-0.05, 0) is 25.1 Å². The molecule has 1 N–H and O–H groups in total. The van der Waals surface area contributed by atoms with Crippen molar-refractivity contribution in [3.8, 4) is 11.3 Å². The van der Waals surface area contributed by atoms with Crippen LogP contribution < -0.4 is 0 Å². The van der Waals surface area contributed by atoms with Crippen LogP contribution in [0.3, 0.4) is 0 Å². The summed E-state index contributed by atoms with van der Waals surface area (Å²) >= 11 is 5.99. The van der Waals surface area contributed by atoms with E-state index in [2.05, 4.69) is 10.1 Å². The van der Waals surface area contributed by atoms with Crippen LogP contribution in [0.25, 0.3) is 22.3 Å². The average Bonchev–Trinajstić information content (AvgIpc) is 2.73. The highest BCUT2D eigenvalue weighted by atomic mass is 35.5. The van der Waals surface area contributed by atoms with Crippen LogP contribution in [-0.4, -0.2) is 25.8 Å². The maximum absolute atomic E-state index is 11.5. The number of carboxylic acid groups (broad SMARTS) is 1. The van der Waals surface area contributed by atoms with Gasteiger partial charge in [0.05, 0.1) is 22.3 Å². The van der Waals surface area contributed by atoms with Crippen molar-refractivity contribution >= 4 is 28.6 Å². The fourth-order valence-corrected chi connectivity index (χ4v) is 2.60. The zero-order chi connectivity index (χ0) is 15.1. The van der Waals surface area contributed by atoms with Crippen molar-refractivity contribution in [3.63, 3.8) is 0 Å². The fourth-order valence-electron chi connectivity index (χ4n) is 2.41. The van der Waals surface area contributed by atoms with Crippen LogP contribution in [0.5, 0.6) is 0 Å². The monoisotopic (exact) mass is 301 g/mol. The normalized spacial score (nSPS) is 11.0. The molecule has 0 bridgehead atoms. The lowest BCUT2D eigenvalue weighted by atomic mass is 10.1. The van der Waals surface area contributed by atoms with E-state index < -0.39 is 5.97 Å². The van der Waals surface area contributed by atoms with Gasteiger partial charge in [-0.3, -0.25) is 4.68 Å². The molecule has 2 heterocycles. The first kappa shape index (κ1) is 13.6. The highest BCUT2D eigenvalue weighted by molar-refractivity contribution is 6.30. The number of nitrogens with zero attached hydrogens (tertiary/aromatic N) is 3. The average molecular weight is 302 g/mol. The molecule has 0 aliphatic rings. The van der Waals surface area contributed by atoms with Crippen LogP contribution in [0.15, 0.2) is 30.3 Å². The Labute approximate surface area is 125 Å². The van der Waals surface area contributed by atoms with Gasteiger partial charge in [0.25, 0.3) is 0 Å². The molecule has 0 saturated carbocycles. The van der Waals surface area contributed by atoms with Crippen molar-refractivity contribution in [2.45, 2.75) is 6.92 Å². The molecule has 106 valence electrons. The summed E-state index contributed by atoms with van der Waals surface area (Å²) in [6, 6.07) is 8.72. The van der Waals surface area contributed by atoms with Gasteiger partial charge >= 0.3 is 5.97 Å². The number of aryl methyl sites for hydroxylation is 2. The van der Waals surface area contributed by atoms with Gasteiger partial charge in [0.15, 0.2) is 5.65 Å². The number of aromatic nitrogens is 3.